The van der Waals surface area contributed by atoms with E-state index in [2.05, 4.69) is 11.6 Å². The quantitative estimate of drug-likeness (QED) is 0.813. The Kier molecular flexibility index (Phi) is 3.30. The van der Waals surface area contributed by atoms with Crippen molar-refractivity contribution >= 4 is 17.0 Å². The molecule has 2 nitrogen and oxygen atoms in total. The fraction of sp³-hybridized carbons (Fsp3) is 0.312. The lowest BCUT2D eigenvalue weighted by Gasteiger charge is -2.21. The highest BCUT2D eigenvalue weighted by molar-refractivity contribution is 5.82. The number of pyridine rings is 1. The van der Waals surface area contributed by atoms with Crippen molar-refractivity contribution in [3.8, 4) is 0 Å². The third-order valence-corrected chi connectivity index (χ3v) is 3.67. The summed E-state index contributed by atoms with van der Waals surface area (Å²) < 4.78 is 19.4. The van der Waals surface area contributed by atoms with E-state index >= 15 is 0 Å². The van der Waals surface area contributed by atoms with Crippen molar-refractivity contribution in [1.29, 1.82) is 0 Å². The Morgan fingerprint density at radius 1 is 1.26 bits per heavy atom. The maximum absolute atomic E-state index is 14.0. The largest absolute Gasteiger partial charge is 0.381 e. The van der Waals surface area contributed by atoms with Crippen molar-refractivity contribution in [2.75, 3.05) is 13.2 Å². The SMILES string of the molecule is C=Cc1cc(F)c2nc(C3CCOCC3)ccc2c1. The van der Waals surface area contributed by atoms with Crippen LogP contribution in [0.2, 0.25) is 0 Å². The Bertz CT molecular complexity index is 617. The predicted molar refractivity (Wildman–Crippen MR) is 74.6 cm³/mol. The molecule has 0 atom stereocenters. The van der Waals surface area contributed by atoms with E-state index in [1.54, 1.807) is 6.08 Å². The maximum atomic E-state index is 14.0. The Balaban J connectivity index is 2.05. The summed E-state index contributed by atoms with van der Waals surface area (Å²) >= 11 is 0. The Morgan fingerprint density at radius 3 is 2.79 bits per heavy atom. The molecule has 2 aromatic rings. The Hall–Kier alpha value is -1.74. The number of hydrogen-bond acceptors (Lipinski definition) is 2. The molecule has 0 aliphatic carbocycles. The summed E-state index contributed by atoms with van der Waals surface area (Å²) in [7, 11) is 0. The topological polar surface area (TPSA) is 22.1 Å². The van der Waals surface area contributed by atoms with Crippen molar-refractivity contribution in [2.24, 2.45) is 0 Å². The Morgan fingerprint density at radius 2 is 2.05 bits per heavy atom. The van der Waals surface area contributed by atoms with Gasteiger partial charge in [0.25, 0.3) is 0 Å². The fourth-order valence-corrected chi connectivity index (χ4v) is 2.57. The number of halogens is 1. The molecule has 0 N–H and O–H groups in total. The van der Waals surface area contributed by atoms with Gasteiger partial charge >= 0.3 is 0 Å². The van der Waals surface area contributed by atoms with Gasteiger partial charge in [0.1, 0.15) is 11.3 Å². The summed E-state index contributed by atoms with van der Waals surface area (Å²) in [5.74, 6) is 0.109. The van der Waals surface area contributed by atoms with Crippen molar-refractivity contribution in [2.45, 2.75) is 18.8 Å². The van der Waals surface area contributed by atoms with Crippen molar-refractivity contribution < 1.29 is 9.13 Å². The number of benzene rings is 1. The van der Waals surface area contributed by atoms with Crippen LogP contribution in [0, 0.1) is 5.82 Å². The highest BCUT2D eigenvalue weighted by Gasteiger charge is 2.18. The highest BCUT2D eigenvalue weighted by atomic mass is 19.1. The number of aromatic nitrogens is 1. The fourth-order valence-electron chi connectivity index (χ4n) is 2.57. The second-order valence-corrected chi connectivity index (χ2v) is 4.90. The van der Waals surface area contributed by atoms with E-state index in [0.29, 0.717) is 11.4 Å². The van der Waals surface area contributed by atoms with E-state index in [4.69, 9.17) is 4.74 Å². The average molecular weight is 257 g/mol. The summed E-state index contributed by atoms with van der Waals surface area (Å²) in [4.78, 5) is 4.51. The zero-order valence-corrected chi connectivity index (χ0v) is 10.7. The van der Waals surface area contributed by atoms with Crippen LogP contribution in [-0.2, 0) is 4.74 Å². The smallest absolute Gasteiger partial charge is 0.150 e. The molecule has 0 saturated carbocycles. The van der Waals surface area contributed by atoms with Gasteiger partial charge in [-0.2, -0.15) is 0 Å². The van der Waals surface area contributed by atoms with Crippen LogP contribution in [-0.4, -0.2) is 18.2 Å². The van der Waals surface area contributed by atoms with Gasteiger partial charge in [-0.15, -0.1) is 0 Å². The van der Waals surface area contributed by atoms with Crippen LogP contribution in [0.3, 0.4) is 0 Å². The third-order valence-electron chi connectivity index (χ3n) is 3.67. The van der Waals surface area contributed by atoms with Crippen molar-refractivity contribution in [1.82, 2.24) is 4.98 Å². The van der Waals surface area contributed by atoms with Crippen LogP contribution >= 0.6 is 0 Å². The molecule has 0 bridgehead atoms. The zero-order valence-electron chi connectivity index (χ0n) is 10.7. The van der Waals surface area contributed by atoms with Gasteiger partial charge in [0, 0.05) is 30.2 Å². The predicted octanol–water partition coefficient (Wildman–Crippen LogP) is 3.91. The lowest BCUT2D eigenvalue weighted by Crippen LogP contribution is -2.15. The first-order valence-corrected chi connectivity index (χ1v) is 6.58. The van der Waals surface area contributed by atoms with E-state index in [1.165, 1.54) is 6.07 Å². The normalized spacial score (nSPS) is 16.7. The van der Waals surface area contributed by atoms with E-state index in [1.807, 2.05) is 18.2 Å². The van der Waals surface area contributed by atoms with Crippen LogP contribution in [0.15, 0.2) is 30.8 Å². The van der Waals surface area contributed by atoms with Gasteiger partial charge in [-0.1, -0.05) is 18.7 Å². The van der Waals surface area contributed by atoms with Gasteiger partial charge in [0.05, 0.1) is 0 Å². The average Bonchev–Trinajstić information content (AvgIpc) is 2.47. The minimum absolute atomic E-state index is 0.277. The van der Waals surface area contributed by atoms with Crippen LogP contribution in [0.4, 0.5) is 4.39 Å². The summed E-state index contributed by atoms with van der Waals surface area (Å²) in [6.07, 6.45) is 3.57. The van der Waals surface area contributed by atoms with Gasteiger partial charge in [-0.25, -0.2) is 9.37 Å². The zero-order chi connectivity index (χ0) is 13.2. The van der Waals surface area contributed by atoms with E-state index in [0.717, 1.165) is 42.7 Å². The number of rotatable bonds is 2. The van der Waals surface area contributed by atoms with Crippen LogP contribution < -0.4 is 0 Å². The first kappa shape index (κ1) is 12.3. The number of fused-ring (bicyclic) bond motifs is 1. The molecular weight excluding hydrogens is 241 g/mol. The molecule has 0 radical (unpaired) electrons. The second-order valence-electron chi connectivity index (χ2n) is 4.90. The summed E-state index contributed by atoms with van der Waals surface area (Å²) in [5, 5.41) is 0.825. The van der Waals surface area contributed by atoms with Gasteiger partial charge in [0.15, 0.2) is 0 Å². The van der Waals surface area contributed by atoms with Gasteiger partial charge in [0.2, 0.25) is 0 Å². The molecule has 1 aromatic heterocycles. The second kappa shape index (κ2) is 5.10. The van der Waals surface area contributed by atoms with Gasteiger partial charge in [-0.3, -0.25) is 0 Å². The number of nitrogens with zero attached hydrogens (tertiary/aromatic N) is 1. The van der Waals surface area contributed by atoms with Crippen LogP contribution in [0.5, 0.6) is 0 Å². The lowest BCUT2D eigenvalue weighted by molar-refractivity contribution is 0.0845. The first-order chi connectivity index (χ1) is 9.28. The molecule has 3 heteroatoms. The van der Waals surface area contributed by atoms with E-state index in [-0.39, 0.29) is 5.82 Å². The van der Waals surface area contributed by atoms with Crippen molar-refractivity contribution in [3.05, 3.63) is 47.9 Å². The number of ether oxygens (including phenoxy) is 1. The lowest BCUT2D eigenvalue weighted by atomic mass is 9.95. The highest BCUT2D eigenvalue weighted by Crippen LogP contribution is 2.28. The molecule has 98 valence electrons. The minimum atomic E-state index is -0.277. The first-order valence-electron chi connectivity index (χ1n) is 6.58. The van der Waals surface area contributed by atoms with Crippen molar-refractivity contribution in [3.63, 3.8) is 0 Å². The van der Waals surface area contributed by atoms with Gasteiger partial charge in [-0.05, 0) is 36.6 Å². The standard InChI is InChI=1S/C16H16FNO/c1-2-11-9-13-3-4-15(12-5-7-19-8-6-12)18-16(13)14(17)10-11/h2-4,9-10,12H,1,5-8H2. The molecule has 1 aromatic carbocycles. The monoisotopic (exact) mass is 257 g/mol. The maximum Gasteiger partial charge on any atom is 0.150 e. The molecule has 0 spiro atoms. The molecule has 2 heterocycles. The minimum Gasteiger partial charge on any atom is -0.381 e. The molecule has 0 amide bonds. The van der Waals surface area contributed by atoms with E-state index < -0.39 is 0 Å². The molecule has 1 saturated heterocycles. The molecule has 1 aliphatic heterocycles. The molecule has 19 heavy (non-hydrogen) atoms. The van der Waals surface area contributed by atoms with E-state index in [9.17, 15) is 4.39 Å². The molecule has 1 aliphatic rings. The third kappa shape index (κ3) is 2.38. The Labute approximate surface area is 111 Å². The van der Waals surface area contributed by atoms with Gasteiger partial charge < -0.3 is 4.74 Å². The molecule has 0 unspecified atom stereocenters. The summed E-state index contributed by atoms with van der Waals surface area (Å²) in [5.41, 5.74) is 2.21. The summed E-state index contributed by atoms with van der Waals surface area (Å²) in [6, 6.07) is 7.34. The van der Waals surface area contributed by atoms with Crippen LogP contribution in [0.1, 0.15) is 30.0 Å². The molecule has 3 rings (SSSR count). The molecular formula is C16H16FNO. The van der Waals surface area contributed by atoms with Crippen LogP contribution in [0.25, 0.3) is 17.0 Å². The molecule has 1 fully saturated rings. The summed E-state index contributed by atoms with van der Waals surface area (Å²) in [6.45, 7) is 5.20. The number of hydrogen-bond donors (Lipinski definition) is 0.